The number of carboxylic acids is 1. The molecule has 0 spiro atoms. The second-order valence-corrected chi connectivity index (χ2v) is 4.73. The van der Waals surface area contributed by atoms with Gasteiger partial charge in [-0.15, -0.1) is 0 Å². The van der Waals surface area contributed by atoms with Crippen LogP contribution in [0.25, 0.3) is 0 Å². The number of amides is 2. The third-order valence-electron chi connectivity index (χ3n) is 3.84. The van der Waals surface area contributed by atoms with Crippen molar-refractivity contribution in [3.05, 3.63) is 0 Å². The van der Waals surface area contributed by atoms with Crippen molar-refractivity contribution in [1.29, 1.82) is 0 Å². The normalized spacial score (nSPS) is 36.1. The molecule has 5 heteroatoms. The number of fused-ring (bicyclic) bond motifs is 2. The molecule has 0 radical (unpaired) electrons. The molecule has 2 bridgehead atoms. The van der Waals surface area contributed by atoms with Crippen LogP contribution in [0.3, 0.4) is 0 Å². The number of nitrogens with one attached hydrogen (secondary N) is 2. The minimum absolute atomic E-state index is 0.178. The Morgan fingerprint density at radius 1 is 1.31 bits per heavy atom. The zero-order valence-electron chi connectivity index (χ0n) is 9.40. The van der Waals surface area contributed by atoms with E-state index < -0.39 is 5.97 Å². The lowest BCUT2D eigenvalue weighted by molar-refractivity contribution is -0.144. The van der Waals surface area contributed by atoms with E-state index in [9.17, 15) is 14.7 Å². The van der Waals surface area contributed by atoms with E-state index in [2.05, 4.69) is 10.6 Å². The summed E-state index contributed by atoms with van der Waals surface area (Å²) in [5.41, 5.74) is 0. The fourth-order valence-electron chi connectivity index (χ4n) is 3.22. The quantitative estimate of drug-likeness (QED) is 0.666. The summed E-state index contributed by atoms with van der Waals surface area (Å²) in [5.74, 6) is -0.543. The number of rotatable bonds is 3. The number of urea groups is 1. The SMILES string of the molecule is CCNC(=O)NC1C2CCC(C2)C1C(=O)O. The van der Waals surface area contributed by atoms with E-state index in [-0.39, 0.29) is 23.9 Å². The number of carbonyl (C=O) groups is 2. The van der Waals surface area contributed by atoms with E-state index in [1.165, 1.54) is 0 Å². The maximum atomic E-state index is 11.4. The van der Waals surface area contributed by atoms with Gasteiger partial charge in [0, 0.05) is 12.6 Å². The molecule has 0 aromatic carbocycles. The van der Waals surface area contributed by atoms with Gasteiger partial charge in [0.1, 0.15) is 0 Å². The molecule has 0 aromatic rings. The van der Waals surface area contributed by atoms with Gasteiger partial charge in [-0.05, 0) is 38.0 Å². The molecular weight excluding hydrogens is 208 g/mol. The molecule has 5 nitrogen and oxygen atoms in total. The molecule has 2 saturated carbocycles. The Labute approximate surface area is 94.6 Å². The van der Waals surface area contributed by atoms with Crippen LogP contribution in [0.4, 0.5) is 4.79 Å². The summed E-state index contributed by atoms with van der Waals surface area (Å²) >= 11 is 0. The van der Waals surface area contributed by atoms with Crippen LogP contribution < -0.4 is 10.6 Å². The second-order valence-electron chi connectivity index (χ2n) is 4.73. The van der Waals surface area contributed by atoms with Gasteiger partial charge >= 0.3 is 12.0 Å². The van der Waals surface area contributed by atoms with E-state index in [1.54, 1.807) is 0 Å². The first kappa shape index (κ1) is 11.2. The Balaban J connectivity index is 2.02. The van der Waals surface area contributed by atoms with Gasteiger partial charge in [-0.1, -0.05) is 0 Å². The molecule has 0 heterocycles. The predicted octanol–water partition coefficient (Wildman–Crippen LogP) is 0.805. The van der Waals surface area contributed by atoms with Crippen molar-refractivity contribution in [1.82, 2.24) is 10.6 Å². The average molecular weight is 226 g/mol. The molecule has 0 saturated heterocycles. The molecule has 16 heavy (non-hydrogen) atoms. The molecule has 2 aliphatic rings. The minimum atomic E-state index is -0.769. The van der Waals surface area contributed by atoms with E-state index in [4.69, 9.17) is 0 Å². The van der Waals surface area contributed by atoms with Gasteiger partial charge in [-0.3, -0.25) is 4.79 Å². The van der Waals surface area contributed by atoms with Gasteiger partial charge in [0.2, 0.25) is 0 Å². The van der Waals surface area contributed by atoms with Crippen LogP contribution >= 0.6 is 0 Å². The zero-order valence-corrected chi connectivity index (χ0v) is 9.40. The van der Waals surface area contributed by atoms with E-state index in [1.807, 2.05) is 6.92 Å². The van der Waals surface area contributed by atoms with Gasteiger partial charge in [-0.2, -0.15) is 0 Å². The van der Waals surface area contributed by atoms with Crippen molar-refractivity contribution in [3.63, 3.8) is 0 Å². The fourth-order valence-corrected chi connectivity index (χ4v) is 3.22. The summed E-state index contributed by atoms with van der Waals surface area (Å²) in [6.07, 6.45) is 2.99. The van der Waals surface area contributed by atoms with Gasteiger partial charge in [0.15, 0.2) is 0 Å². The average Bonchev–Trinajstić information content (AvgIpc) is 2.77. The molecule has 4 atom stereocenters. The molecule has 90 valence electrons. The van der Waals surface area contributed by atoms with Gasteiger partial charge in [0.25, 0.3) is 0 Å². The van der Waals surface area contributed by atoms with E-state index >= 15 is 0 Å². The summed E-state index contributed by atoms with van der Waals surface area (Å²) in [4.78, 5) is 22.6. The first-order valence-corrected chi connectivity index (χ1v) is 5.90. The van der Waals surface area contributed by atoms with Crippen molar-refractivity contribution >= 4 is 12.0 Å². The number of carbonyl (C=O) groups excluding carboxylic acids is 1. The summed E-state index contributed by atoms with van der Waals surface area (Å²) in [6.45, 7) is 2.40. The zero-order chi connectivity index (χ0) is 11.7. The van der Waals surface area contributed by atoms with Crippen LogP contribution in [0.5, 0.6) is 0 Å². The molecule has 2 amide bonds. The van der Waals surface area contributed by atoms with Crippen LogP contribution in [0.15, 0.2) is 0 Å². The maximum absolute atomic E-state index is 11.4. The number of carboxylic acid groups (broad SMARTS) is 1. The minimum Gasteiger partial charge on any atom is -0.481 e. The van der Waals surface area contributed by atoms with Crippen molar-refractivity contribution in [3.8, 4) is 0 Å². The smallest absolute Gasteiger partial charge is 0.315 e. The van der Waals surface area contributed by atoms with Crippen molar-refractivity contribution in [2.75, 3.05) is 6.54 Å². The molecule has 0 aliphatic heterocycles. The lowest BCUT2D eigenvalue weighted by Crippen LogP contribution is -2.50. The molecular formula is C11H18N2O3. The number of aliphatic carboxylic acids is 1. The van der Waals surface area contributed by atoms with Gasteiger partial charge in [0.05, 0.1) is 5.92 Å². The van der Waals surface area contributed by atoms with Crippen molar-refractivity contribution < 1.29 is 14.7 Å². The highest BCUT2D eigenvalue weighted by molar-refractivity contribution is 5.77. The Hall–Kier alpha value is -1.26. The Bertz CT molecular complexity index is 306. The summed E-state index contributed by atoms with van der Waals surface area (Å²) in [5, 5.41) is 14.6. The van der Waals surface area contributed by atoms with E-state index in [0.29, 0.717) is 12.5 Å². The summed E-state index contributed by atoms with van der Waals surface area (Å²) in [6, 6.07) is -0.422. The van der Waals surface area contributed by atoms with Gasteiger partial charge < -0.3 is 15.7 Å². The van der Waals surface area contributed by atoms with Crippen molar-refractivity contribution in [2.24, 2.45) is 17.8 Å². The first-order valence-electron chi connectivity index (χ1n) is 5.90. The number of hydrogen-bond acceptors (Lipinski definition) is 2. The lowest BCUT2D eigenvalue weighted by Gasteiger charge is -2.28. The summed E-state index contributed by atoms with van der Waals surface area (Å²) < 4.78 is 0. The highest BCUT2D eigenvalue weighted by Gasteiger charge is 2.51. The van der Waals surface area contributed by atoms with Crippen LogP contribution in [-0.2, 0) is 4.79 Å². The summed E-state index contributed by atoms with van der Waals surface area (Å²) in [7, 11) is 0. The van der Waals surface area contributed by atoms with Crippen LogP contribution in [0.1, 0.15) is 26.2 Å². The monoisotopic (exact) mass is 226 g/mol. The third kappa shape index (κ3) is 1.86. The van der Waals surface area contributed by atoms with Crippen LogP contribution in [0, 0.1) is 17.8 Å². The Kier molecular flexibility index (Phi) is 3.03. The highest BCUT2D eigenvalue weighted by atomic mass is 16.4. The molecule has 3 N–H and O–H groups in total. The molecule has 2 fully saturated rings. The number of hydrogen-bond donors (Lipinski definition) is 3. The predicted molar refractivity (Wildman–Crippen MR) is 58.0 cm³/mol. The van der Waals surface area contributed by atoms with E-state index in [0.717, 1.165) is 19.3 Å². The van der Waals surface area contributed by atoms with Crippen molar-refractivity contribution in [2.45, 2.75) is 32.2 Å². The molecule has 4 unspecified atom stereocenters. The molecule has 2 rings (SSSR count). The van der Waals surface area contributed by atoms with Crippen LogP contribution in [-0.4, -0.2) is 29.7 Å². The first-order chi connectivity index (χ1) is 7.63. The Morgan fingerprint density at radius 2 is 2.00 bits per heavy atom. The Morgan fingerprint density at radius 3 is 2.62 bits per heavy atom. The molecule has 0 aromatic heterocycles. The third-order valence-corrected chi connectivity index (χ3v) is 3.84. The fraction of sp³-hybridized carbons (Fsp3) is 0.818. The second kappa shape index (κ2) is 4.31. The topological polar surface area (TPSA) is 78.4 Å². The standard InChI is InChI=1S/C11H18N2O3/c1-2-12-11(16)13-9-7-4-3-6(5-7)8(9)10(14)15/h6-9H,2-5H2,1H3,(H,14,15)(H2,12,13,16). The highest BCUT2D eigenvalue weighted by Crippen LogP contribution is 2.48. The van der Waals surface area contributed by atoms with Gasteiger partial charge in [-0.25, -0.2) is 4.79 Å². The van der Waals surface area contributed by atoms with Crippen LogP contribution in [0.2, 0.25) is 0 Å². The maximum Gasteiger partial charge on any atom is 0.315 e. The molecule has 2 aliphatic carbocycles. The largest absolute Gasteiger partial charge is 0.481 e. The lowest BCUT2D eigenvalue weighted by atomic mass is 9.84.